The molecule has 3 aromatic carbocycles. The van der Waals surface area contributed by atoms with Crippen LogP contribution < -0.4 is 10.1 Å². The van der Waals surface area contributed by atoms with Crippen molar-refractivity contribution in [3.8, 4) is 16.9 Å². The number of halogens is 3. The third kappa shape index (κ3) is 8.76. The van der Waals surface area contributed by atoms with Crippen LogP contribution in [0.5, 0.6) is 5.75 Å². The van der Waals surface area contributed by atoms with E-state index in [1.165, 1.54) is 6.07 Å². The number of aliphatic carboxylic acids is 1. The average Bonchev–Trinajstić information content (AvgIpc) is 2.86. The summed E-state index contributed by atoms with van der Waals surface area (Å²) in [4.78, 5) is 22.9. The van der Waals surface area contributed by atoms with Crippen LogP contribution in [0.3, 0.4) is 0 Å². The molecule has 3 aromatic rings. The molecule has 0 heterocycles. The van der Waals surface area contributed by atoms with Crippen molar-refractivity contribution in [2.45, 2.75) is 51.5 Å². The van der Waals surface area contributed by atoms with Crippen molar-refractivity contribution in [1.29, 1.82) is 0 Å². The maximum absolute atomic E-state index is 14.9. The maximum atomic E-state index is 14.9. The summed E-state index contributed by atoms with van der Waals surface area (Å²) in [5.74, 6) is -1.01. The molecule has 8 heteroatoms. The van der Waals surface area contributed by atoms with Crippen molar-refractivity contribution < 1.29 is 23.8 Å². The van der Waals surface area contributed by atoms with Gasteiger partial charge < -0.3 is 15.2 Å². The molecule has 2 N–H and O–H groups in total. The van der Waals surface area contributed by atoms with Crippen molar-refractivity contribution >= 4 is 40.6 Å². The summed E-state index contributed by atoms with van der Waals surface area (Å²) in [6.07, 6.45) is 3.36. The van der Waals surface area contributed by atoms with Gasteiger partial charge in [-0.05, 0) is 61.4 Å². The molecule has 0 aliphatic rings. The zero-order chi connectivity index (χ0) is 26.8. The number of nitrogens with one attached hydrogen (secondary N) is 1. The minimum absolute atomic E-state index is 0.0218. The molecule has 0 saturated heterocycles. The third-order valence-electron chi connectivity index (χ3n) is 5.89. The number of carboxylic acids is 1. The third-order valence-corrected chi connectivity index (χ3v) is 6.44. The van der Waals surface area contributed by atoms with Gasteiger partial charge in [-0.1, -0.05) is 49.0 Å². The van der Waals surface area contributed by atoms with Crippen molar-refractivity contribution in [3.05, 3.63) is 82.1 Å². The van der Waals surface area contributed by atoms with Gasteiger partial charge >= 0.3 is 5.97 Å². The Bertz CT molecular complexity index is 1220. The van der Waals surface area contributed by atoms with Crippen molar-refractivity contribution in [2.75, 3.05) is 11.9 Å². The van der Waals surface area contributed by atoms with Crippen LogP contribution in [-0.4, -0.2) is 29.5 Å². The highest BCUT2D eigenvalue weighted by Gasteiger charge is 2.14. The molecule has 0 radical (unpaired) electrons. The second kappa shape index (κ2) is 14.0. The van der Waals surface area contributed by atoms with Gasteiger partial charge in [-0.2, -0.15) is 0 Å². The van der Waals surface area contributed by atoms with E-state index in [1.807, 2.05) is 12.1 Å². The minimum atomic E-state index is -0.905. The molecule has 0 aromatic heterocycles. The predicted octanol–water partition coefficient (Wildman–Crippen LogP) is 8.29. The van der Waals surface area contributed by atoms with Crippen LogP contribution in [0.25, 0.3) is 11.1 Å². The van der Waals surface area contributed by atoms with Gasteiger partial charge in [0.15, 0.2) is 5.78 Å². The highest BCUT2D eigenvalue weighted by Crippen LogP contribution is 2.33. The Kier molecular flexibility index (Phi) is 10.8. The molecule has 0 amide bonds. The fourth-order valence-corrected chi connectivity index (χ4v) is 4.40. The molecule has 37 heavy (non-hydrogen) atoms. The molecule has 0 unspecified atom stereocenters. The van der Waals surface area contributed by atoms with E-state index in [0.717, 1.165) is 24.9 Å². The van der Waals surface area contributed by atoms with E-state index in [0.29, 0.717) is 45.5 Å². The van der Waals surface area contributed by atoms with E-state index >= 15 is 0 Å². The molecular formula is C29H30Cl2FNO4. The van der Waals surface area contributed by atoms with Gasteiger partial charge in [-0.25, -0.2) is 4.39 Å². The molecule has 0 saturated carbocycles. The van der Waals surface area contributed by atoms with Crippen LogP contribution >= 0.6 is 23.2 Å². The zero-order valence-electron chi connectivity index (χ0n) is 20.6. The van der Waals surface area contributed by atoms with Crippen molar-refractivity contribution in [3.63, 3.8) is 0 Å². The van der Waals surface area contributed by atoms with Gasteiger partial charge in [0.1, 0.15) is 18.2 Å². The second-order valence-electron chi connectivity index (χ2n) is 8.81. The van der Waals surface area contributed by atoms with Gasteiger partial charge in [-0.15, -0.1) is 0 Å². The van der Waals surface area contributed by atoms with E-state index in [2.05, 4.69) is 12.2 Å². The van der Waals surface area contributed by atoms with E-state index in [4.69, 9.17) is 33.0 Å². The first-order valence-corrected chi connectivity index (χ1v) is 13.0. The number of hydrogen-bond donors (Lipinski definition) is 2. The molecule has 0 fully saturated rings. The molecule has 0 bridgehead atoms. The van der Waals surface area contributed by atoms with E-state index in [1.54, 1.807) is 42.5 Å². The number of benzene rings is 3. The summed E-state index contributed by atoms with van der Waals surface area (Å²) in [6, 6.07) is 16.7. The summed E-state index contributed by atoms with van der Waals surface area (Å²) < 4.78 is 20.8. The molecule has 0 aliphatic carbocycles. The monoisotopic (exact) mass is 545 g/mol. The molecule has 0 spiro atoms. The lowest BCUT2D eigenvalue weighted by molar-refractivity contribution is -0.137. The van der Waals surface area contributed by atoms with Crippen LogP contribution in [0.1, 0.15) is 55.8 Å². The van der Waals surface area contributed by atoms with Crippen LogP contribution in [-0.2, 0) is 4.79 Å². The number of rotatable bonds is 14. The van der Waals surface area contributed by atoms with Crippen LogP contribution in [0.15, 0.2) is 60.7 Å². The number of anilines is 1. The fourth-order valence-electron chi connectivity index (χ4n) is 3.89. The standard InChI is InChI=1S/C29H30Cl2FNO4/c1-2-3-5-22(33-21-11-8-19(9-12-21)28(34)6-4-7-29(35)36)18-37-23-13-15-25(27(32)17-23)24-14-10-20(30)16-26(24)31/h8-17,22,33H,2-7,18H2,1H3,(H,35,36)/t22-/m0/s1. The first kappa shape index (κ1) is 28.5. The summed E-state index contributed by atoms with van der Waals surface area (Å²) in [5.41, 5.74) is 2.31. The maximum Gasteiger partial charge on any atom is 0.303 e. The average molecular weight is 546 g/mol. The van der Waals surface area contributed by atoms with Crippen LogP contribution in [0.4, 0.5) is 10.1 Å². The number of hydrogen-bond acceptors (Lipinski definition) is 4. The zero-order valence-corrected chi connectivity index (χ0v) is 22.1. The lowest BCUT2D eigenvalue weighted by Gasteiger charge is -2.21. The summed E-state index contributed by atoms with van der Waals surface area (Å²) in [6.45, 7) is 2.44. The Morgan fingerprint density at radius 1 is 0.973 bits per heavy atom. The van der Waals surface area contributed by atoms with Gasteiger partial charge in [0.2, 0.25) is 0 Å². The number of ether oxygens (including phenoxy) is 1. The van der Waals surface area contributed by atoms with Crippen LogP contribution in [0, 0.1) is 5.82 Å². The highest BCUT2D eigenvalue weighted by molar-refractivity contribution is 6.36. The SMILES string of the molecule is CCCC[C@@H](COc1ccc(-c2ccc(Cl)cc2Cl)c(F)c1)Nc1ccc(C(=O)CCCC(=O)O)cc1. The molecule has 3 rings (SSSR count). The number of unbranched alkanes of at least 4 members (excludes halogenated alkanes) is 1. The molecule has 1 atom stereocenters. The largest absolute Gasteiger partial charge is 0.491 e. The Balaban J connectivity index is 1.61. The number of carbonyl (C=O) groups is 2. The number of Topliss-reactive ketones (excluding diaryl/α,β-unsaturated/α-hetero) is 1. The summed E-state index contributed by atoms with van der Waals surface area (Å²) >= 11 is 12.2. The highest BCUT2D eigenvalue weighted by atomic mass is 35.5. The Labute approximate surface area is 226 Å². The van der Waals surface area contributed by atoms with E-state index < -0.39 is 11.8 Å². The smallest absolute Gasteiger partial charge is 0.303 e. The van der Waals surface area contributed by atoms with Gasteiger partial charge in [0, 0.05) is 51.3 Å². The fraction of sp³-hybridized carbons (Fsp3) is 0.310. The lowest BCUT2D eigenvalue weighted by atomic mass is 10.0. The van der Waals surface area contributed by atoms with Gasteiger partial charge in [-0.3, -0.25) is 9.59 Å². The van der Waals surface area contributed by atoms with Crippen molar-refractivity contribution in [1.82, 2.24) is 0 Å². The molecule has 196 valence electrons. The van der Waals surface area contributed by atoms with Crippen LogP contribution in [0.2, 0.25) is 10.0 Å². The van der Waals surface area contributed by atoms with Crippen molar-refractivity contribution in [2.24, 2.45) is 0 Å². The normalized spacial score (nSPS) is 11.7. The lowest BCUT2D eigenvalue weighted by Crippen LogP contribution is -2.27. The van der Waals surface area contributed by atoms with Gasteiger partial charge in [0.25, 0.3) is 0 Å². The predicted molar refractivity (Wildman–Crippen MR) is 147 cm³/mol. The number of carbonyl (C=O) groups excluding carboxylic acids is 1. The second-order valence-corrected chi connectivity index (χ2v) is 9.65. The number of carboxylic acid groups (broad SMARTS) is 1. The minimum Gasteiger partial charge on any atom is -0.491 e. The van der Waals surface area contributed by atoms with Gasteiger partial charge in [0.05, 0.1) is 6.04 Å². The molecular weight excluding hydrogens is 516 g/mol. The first-order chi connectivity index (χ1) is 17.8. The van der Waals surface area contributed by atoms with E-state index in [-0.39, 0.29) is 24.7 Å². The number of ketones is 1. The van der Waals surface area contributed by atoms with E-state index in [9.17, 15) is 14.0 Å². The topological polar surface area (TPSA) is 75.6 Å². The summed E-state index contributed by atoms with van der Waals surface area (Å²) in [7, 11) is 0. The quantitative estimate of drug-likeness (QED) is 0.199. The Morgan fingerprint density at radius 3 is 2.35 bits per heavy atom. The molecule has 5 nitrogen and oxygen atoms in total. The Morgan fingerprint density at radius 2 is 1.70 bits per heavy atom. The first-order valence-electron chi connectivity index (χ1n) is 12.3. The molecule has 0 aliphatic heterocycles. The Hall–Kier alpha value is -3.09. The summed E-state index contributed by atoms with van der Waals surface area (Å²) in [5, 5.41) is 13.0.